The maximum Gasteiger partial charge on any atom is 0.321 e. The van der Waals surface area contributed by atoms with Crippen molar-refractivity contribution in [2.45, 2.75) is 0 Å². The van der Waals surface area contributed by atoms with Crippen molar-refractivity contribution in [3.8, 4) is 5.88 Å². The van der Waals surface area contributed by atoms with E-state index < -0.39 is 0 Å². The predicted molar refractivity (Wildman–Crippen MR) is 68.7 cm³/mol. The number of rotatable bonds is 2. The Bertz CT molecular complexity index is 377. The zero-order valence-electron chi connectivity index (χ0n) is 9.68. The molecule has 1 aromatic rings. The van der Waals surface area contributed by atoms with E-state index >= 15 is 0 Å². The molecular weight excluding hydrogens is 238 g/mol. The quantitative estimate of drug-likeness (QED) is 0.871. The van der Waals surface area contributed by atoms with E-state index in [1.807, 2.05) is 16.7 Å². The molecule has 1 fully saturated rings. The summed E-state index contributed by atoms with van der Waals surface area (Å²) in [6, 6.07) is 3.45. The van der Waals surface area contributed by atoms with Gasteiger partial charge in [-0.1, -0.05) is 0 Å². The van der Waals surface area contributed by atoms with Gasteiger partial charge in [-0.25, -0.2) is 9.78 Å². The van der Waals surface area contributed by atoms with Crippen LogP contribution in [0.5, 0.6) is 5.88 Å². The number of carbonyl (C=O) groups is 1. The summed E-state index contributed by atoms with van der Waals surface area (Å²) in [6.07, 6.45) is 1.59. The normalized spacial score (nSPS) is 15.5. The molecular formula is C11H15N3O2S. The number of ether oxygens (including phenoxy) is 1. The van der Waals surface area contributed by atoms with Crippen molar-refractivity contribution in [2.24, 2.45) is 0 Å². The van der Waals surface area contributed by atoms with Crippen LogP contribution in [0.15, 0.2) is 18.3 Å². The maximum atomic E-state index is 11.9. The van der Waals surface area contributed by atoms with E-state index in [-0.39, 0.29) is 6.03 Å². The lowest BCUT2D eigenvalue weighted by atomic mass is 10.4. The molecule has 0 aliphatic carbocycles. The fourth-order valence-corrected chi connectivity index (χ4v) is 2.45. The van der Waals surface area contributed by atoms with Crippen LogP contribution in [-0.4, -0.2) is 47.6 Å². The summed E-state index contributed by atoms with van der Waals surface area (Å²) in [4.78, 5) is 17.7. The summed E-state index contributed by atoms with van der Waals surface area (Å²) in [5.41, 5.74) is 0.689. The number of nitrogens with zero attached hydrogens (tertiary/aromatic N) is 2. The Balaban J connectivity index is 1.92. The lowest BCUT2D eigenvalue weighted by molar-refractivity contribution is 0.217. The van der Waals surface area contributed by atoms with E-state index in [1.54, 1.807) is 25.4 Å². The third kappa shape index (κ3) is 3.26. The average Bonchev–Trinajstić information content (AvgIpc) is 2.40. The first-order valence-corrected chi connectivity index (χ1v) is 6.59. The molecule has 0 radical (unpaired) electrons. The minimum Gasteiger partial charge on any atom is -0.481 e. The third-order valence-corrected chi connectivity index (χ3v) is 3.44. The van der Waals surface area contributed by atoms with Gasteiger partial charge in [0.05, 0.1) is 19.0 Å². The minimum absolute atomic E-state index is 0.0581. The lowest BCUT2D eigenvalue weighted by Crippen LogP contribution is -2.40. The van der Waals surface area contributed by atoms with Gasteiger partial charge in [0.25, 0.3) is 0 Å². The van der Waals surface area contributed by atoms with E-state index in [0.717, 1.165) is 24.6 Å². The number of anilines is 1. The fourth-order valence-electron chi connectivity index (χ4n) is 1.54. The zero-order valence-corrected chi connectivity index (χ0v) is 10.5. The highest BCUT2D eigenvalue weighted by Gasteiger charge is 2.16. The van der Waals surface area contributed by atoms with E-state index in [0.29, 0.717) is 11.6 Å². The van der Waals surface area contributed by atoms with Gasteiger partial charge in [-0.3, -0.25) is 0 Å². The first-order valence-electron chi connectivity index (χ1n) is 5.43. The lowest BCUT2D eigenvalue weighted by Gasteiger charge is -2.26. The summed E-state index contributed by atoms with van der Waals surface area (Å²) < 4.78 is 4.95. The molecule has 0 unspecified atom stereocenters. The largest absolute Gasteiger partial charge is 0.481 e. The fraction of sp³-hybridized carbons (Fsp3) is 0.455. The summed E-state index contributed by atoms with van der Waals surface area (Å²) >= 11 is 1.88. The van der Waals surface area contributed by atoms with Crippen LogP contribution in [-0.2, 0) is 0 Å². The van der Waals surface area contributed by atoms with Crippen molar-refractivity contribution in [1.82, 2.24) is 9.88 Å². The van der Waals surface area contributed by atoms with Gasteiger partial charge in [0.2, 0.25) is 5.88 Å². The van der Waals surface area contributed by atoms with Crippen LogP contribution in [0.1, 0.15) is 0 Å². The van der Waals surface area contributed by atoms with Crippen molar-refractivity contribution in [2.75, 3.05) is 37.0 Å². The summed E-state index contributed by atoms with van der Waals surface area (Å²) in [5, 5.41) is 2.82. The van der Waals surface area contributed by atoms with Crippen LogP contribution < -0.4 is 10.1 Å². The number of hydrogen-bond donors (Lipinski definition) is 1. The molecule has 92 valence electrons. The number of carbonyl (C=O) groups excluding carboxylic acids is 1. The molecule has 0 saturated carbocycles. The van der Waals surface area contributed by atoms with E-state index in [2.05, 4.69) is 10.3 Å². The molecule has 1 aliphatic heterocycles. The number of thioether (sulfide) groups is 1. The molecule has 17 heavy (non-hydrogen) atoms. The molecule has 6 heteroatoms. The molecule has 0 aromatic carbocycles. The molecule has 1 aliphatic rings. The van der Waals surface area contributed by atoms with Crippen LogP contribution in [0, 0.1) is 0 Å². The van der Waals surface area contributed by atoms with Crippen LogP contribution in [0.2, 0.25) is 0 Å². The number of urea groups is 1. The third-order valence-electron chi connectivity index (χ3n) is 2.50. The number of pyridine rings is 1. The van der Waals surface area contributed by atoms with Crippen LogP contribution in [0.3, 0.4) is 0 Å². The van der Waals surface area contributed by atoms with Crippen LogP contribution in [0.4, 0.5) is 10.5 Å². The Kier molecular flexibility index (Phi) is 4.08. The summed E-state index contributed by atoms with van der Waals surface area (Å²) in [7, 11) is 1.56. The van der Waals surface area contributed by atoms with Gasteiger partial charge >= 0.3 is 6.03 Å². The van der Waals surface area contributed by atoms with Gasteiger partial charge in [-0.05, 0) is 6.07 Å². The average molecular weight is 253 g/mol. The smallest absolute Gasteiger partial charge is 0.321 e. The summed E-state index contributed by atoms with van der Waals surface area (Å²) in [5.74, 6) is 2.56. The Hall–Kier alpha value is -1.43. The van der Waals surface area contributed by atoms with Gasteiger partial charge < -0.3 is 15.0 Å². The van der Waals surface area contributed by atoms with Gasteiger partial charge in [-0.15, -0.1) is 0 Å². The molecule has 2 amide bonds. The van der Waals surface area contributed by atoms with Crippen LogP contribution in [0.25, 0.3) is 0 Å². The first-order chi connectivity index (χ1) is 8.29. The van der Waals surface area contributed by atoms with E-state index in [1.165, 1.54) is 0 Å². The monoisotopic (exact) mass is 253 g/mol. The van der Waals surface area contributed by atoms with Crippen molar-refractivity contribution >= 4 is 23.5 Å². The molecule has 0 atom stereocenters. The Morgan fingerprint density at radius 3 is 2.82 bits per heavy atom. The molecule has 2 rings (SSSR count). The molecule has 2 heterocycles. The number of hydrogen-bond acceptors (Lipinski definition) is 4. The number of nitrogens with one attached hydrogen (secondary N) is 1. The standard InChI is InChI=1S/C11H15N3O2S/c1-16-10-3-2-9(8-12-10)13-11(15)14-4-6-17-7-5-14/h2-3,8H,4-7H2,1H3,(H,13,15). The van der Waals surface area contributed by atoms with Crippen molar-refractivity contribution in [1.29, 1.82) is 0 Å². The Labute approximate surface area is 105 Å². The minimum atomic E-state index is -0.0581. The number of amides is 2. The highest BCUT2D eigenvalue weighted by molar-refractivity contribution is 7.99. The molecule has 1 saturated heterocycles. The van der Waals surface area contributed by atoms with E-state index in [9.17, 15) is 4.79 Å². The summed E-state index contributed by atoms with van der Waals surface area (Å²) in [6.45, 7) is 1.61. The number of aromatic nitrogens is 1. The van der Waals surface area contributed by atoms with Gasteiger partial charge in [0.1, 0.15) is 0 Å². The Morgan fingerprint density at radius 1 is 1.47 bits per heavy atom. The zero-order chi connectivity index (χ0) is 12.1. The molecule has 1 aromatic heterocycles. The van der Waals surface area contributed by atoms with Gasteiger partial charge in [0, 0.05) is 30.7 Å². The second-order valence-corrected chi connectivity index (χ2v) is 4.84. The van der Waals surface area contributed by atoms with Gasteiger partial charge in [0.15, 0.2) is 0 Å². The van der Waals surface area contributed by atoms with Crippen molar-refractivity contribution in [3.05, 3.63) is 18.3 Å². The molecule has 1 N–H and O–H groups in total. The van der Waals surface area contributed by atoms with E-state index in [4.69, 9.17) is 4.74 Å². The predicted octanol–water partition coefficient (Wildman–Crippen LogP) is 1.67. The second-order valence-electron chi connectivity index (χ2n) is 3.62. The first kappa shape index (κ1) is 12.0. The highest BCUT2D eigenvalue weighted by Crippen LogP contribution is 2.13. The SMILES string of the molecule is COc1ccc(NC(=O)N2CCSCC2)cn1. The molecule has 5 nitrogen and oxygen atoms in total. The molecule has 0 bridgehead atoms. The molecule has 0 spiro atoms. The van der Waals surface area contributed by atoms with Crippen molar-refractivity contribution in [3.63, 3.8) is 0 Å². The van der Waals surface area contributed by atoms with Crippen molar-refractivity contribution < 1.29 is 9.53 Å². The topological polar surface area (TPSA) is 54.5 Å². The second kappa shape index (κ2) is 5.77. The Morgan fingerprint density at radius 2 is 2.24 bits per heavy atom. The maximum absolute atomic E-state index is 11.9. The van der Waals surface area contributed by atoms with Gasteiger partial charge in [-0.2, -0.15) is 11.8 Å². The van der Waals surface area contributed by atoms with Crippen LogP contribution >= 0.6 is 11.8 Å². The number of methoxy groups -OCH3 is 1. The highest BCUT2D eigenvalue weighted by atomic mass is 32.2.